The summed E-state index contributed by atoms with van der Waals surface area (Å²) in [7, 11) is 2.66. The molecule has 3 amide bonds. The van der Waals surface area contributed by atoms with Crippen LogP contribution >= 0.6 is 11.6 Å². The summed E-state index contributed by atoms with van der Waals surface area (Å²) in [5.74, 6) is -2.28. The molecule has 0 spiro atoms. The standard InChI is InChI=1S/C32H43ClN4O8/c1-31(2,3)45-30(41)34-26(20-43-4)28(39)35-32(19-22-10-12-24(33)13-11-22)14-8-15-36(21-32)29(40)23(18-27(38)44-5)17-25-9-6-7-16-37(25)42/h6-7,9-13,16,23,26H,8,14-15,17-21H2,1-5H3,(H,34,41)(H,35,39)/t23-,26+,32-/m1/s1. The molecule has 3 atom stereocenters. The van der Waals surface area contributed by atoms with Crippen LogP contribution in [-0.4, -0.2) is 79.9 Å². The van der Waals surface area contributed by atoms with Crippen molar-refractivity contribution in [3.63, 3.8) is 0 Å². The molecule has 0 unspecified atom stereocenters. The number of amides is 3. The van der Waals surface area contributed by atoms with Crippen molar-refractivity contribution in [2.75, 3.05) is 33.9 Å². The van der Waals surface area contributed by atoms with Gasteiger partial charge in [0.1, 0.15) is 11.6 Å². The number of alkyl carbamates (subject to hydrolysis) is 1. The lowest BCUT2D eigenvalue weighted by atomic mass is 9.82. The highest BCUT2D eigenvalue weighted by Crippen LogP contribution is 2.29. The summed E-state index contributed by atoms with van der Waals surface area (Å²) in [4.78, 5) is 54.3. The predicted molar refractivity (Wildman–Crippen MR) is 166 cm³/mol. The number of hydrogen-bond acceptors (Lipinski definition) is 8. The van der Waals surface area contributed by atoms with Crippen molar-refractivity contribution >= 4 is 35.5 Å². The number of carbonyl (C=O) groups excluding carboxylic acids is 4. The van der Waals surface area contributed by atoms with Crippen molar-refractivity contribution in [3.8, 4) is 0 Å². The van der Waals surface area contributed by atoms with Gasteiger partial charge < -0.3 is 35.0 Å². The summed E-state index contributed by atoms with van der Waals surface area (Å²) in [6.45, 7) is 5.55. The predicted octanol–water partition coefficient (Wildman–Crippen LogP) is 2.96. The highest BCUT2D eigenvalue weighted by molar-refractivity contribution is 6.30. The van der Waals surface area contributed by atoms with Gasteiger partial charge in [0.25, 0.3) is 0 Å². The third kappa shape index (κ3) is 10.9. The Bertz CT molecular complexity index is 1330. The van der Waals surface area contributed by atoms with Crippen LogP contribution in [0, 0.1) is 11.1 Å². The Morgan fingerprint density at radius 1 is 1.11 bits per heavy atom. The van der Waals surface area contributed by atoms with Gasteiger partial charge in [-0.15, -0.1) is 0 Å². The quantitative estimate of drug-likeness (QED) is 0.203. The summed E-state index contributed by atoms with van der Waals surface area (Å²) in [5, 5.41) is 18.7. The van der Waals surface area contributed by atoms with E-state index in [9.17, 15) is 24.4 Å². The minimum absolute atomic E-state index is 0.0288. The molecular formula is C32H43ClN4O8. The number of hydrogen-bond donors (Lipinski definition) is 2. The van der Waals surface area contributed by atoms with E-state index in [0.29, 0.717) is 41.3 Å². The molecule has 0 radical (unpaired) electrons. The highest BCUT2D eigenvalue weighted by atomic mass is 35.5. The van der Waals surface area contributed by atoms with Crippen molar-refractivity contribution in [2.24, 2.45) is 5.92 Å². The minimum atomic E-state index is -1.07. The number of methoxy groups -OCH3 is 2. The molecular weight excluding hydrogens is 604 g/mol. The molecule has 1 aliphatic heterocycles. The van der Waals surface area contributed by atoms with Crippen molar-refractivity contribution in [1.29, 1.82) is 0 Å². The molecule has 2 aromatic rings. The maximum atomic E-state index is 14.0. The first kappa shape index (κ1) is 35.6. The van der Waals surface area contributed by atoms with E-state index in [1.165, 1.54) is 20.4 Å². The average Bonchev–Trinajstić information content (AvgIpc) is 2.97. The molecule has 0 bridgehead atoms. The summed E-state index contributed by atoms with van der Waals surface area (Å²) in [6.07, 6.45) is 1.81. The molecule has 0 aliphatic carbocycles. The number of pyridine rings is 1. The Morgan fingerprint density at radius 3 is 2.44 bits per heavy atom. The molecule has 246 valence electrons. The fourth-order valence-corrected chi connectivity index (χ4v) is 5.54. The molecule has 2 heterocycles. The van der Waals surface area contributed by atoms with Crippen LogP contribution in [0.3, 0.4) is 0 Å². The van der Waals surface area contributed by atoms with Crippen LogP contribution < -0.4 is 15.4 Å². The van der Waals surface area contributed by atoms with Gasteiger partial charge in [0.05, 0.1) is 31.6 Å². The average molecular weight is 647 g/mol. The van der Waals surface area contributed by atoms with E-state index in [0.717, 1.165) is 5.56 Å². The largest absolute Gasteiger partial charge is 0.619 e. The summed E-state index contributed by atoms with van der Waals surface area (Å²) >= 11 is 6.12. The third-order valence-corrected chi connectivity index (χ3v) is 7.68. The topological polar surface area (TPSA) is 150 Å². The molecule has 1 aromatic heterocycles. The lowest BCUT2D eigenvalue weighted by molar-refractivity contribution is -0.614. The van der Waals surface area contributed by atoms with E-state index < -0.39 is 41.1 Å². The number of carbonyl (C=O) groups is 4. The van der Waals surface area contributed by atoms with Gasteiger partial charge in [-0.1, -0.05) is 29.8 Å². The second kappa shape index (κ2) is 15.9. The van der Waals surface area contributed by atoms with E-state index in [4.69, 9.17) is 25.8 Å². The van der Waals surface area contributed by atoms with Crippen molar-refractivity contribution in [1.82, 2.24) is 15.5 Å². The fourth-order valence-electron chi connectivity index (χ4n) is 5.41. The molecule has 1 aromatic carbocycles. The second-order valence-electron chi connectivity index (χ2n) is 12.3. The zero-order valence-electron chi connectivity index (χ0n) is 26.5. The van der Waals surface area contributed by atoms with Crippen molar-refractivity contribution < 1.29 is 38.1 Å². The lowest BCUT2D eigenvalue weighted by Crippen LogP contribution is -2.64. The number of ether oxygens (including phenoxy) is 3. The maximum Gasteiger partial charge on any atom is 0.408 e. The van der Waals surface area contributed by atoms with Gasteiger partial charge in [0, 0.05) is 43.8 Å². The molecule has 0 saturated carbocycles. The number of piperidine rings is 1. The van der Waals surface area contributed by atoms with E-state index in [1.54, 1.807) is 56.0 Å². The Labute approximate surface area is 268 Å². The summed E-state index contributed by atoms with van der Waals surface area (Å²) < 4.78 is 16.1. The SMILES string of the molecule is COC[C@H](NC(=O)OC(C)(C)C)C(=O)N[C@@]1(Cc2ccc(Cl)cc2)CCCN(C(=O)[C@@H](CC(=O)OC)Cc2cccc[n+]2[O-])C1. The molecule has 12 nitrogen and oxygen atoms in total. The van der Waals surface area contributed by atoms with E-state index in [-0.39, 0.29) is 31.9 Å². The molecule has 13 heteroatoms. The minimum Gasteiger partial charge on any atom is -0.619 e. The number of likely N-dealkylation sites (tertiary alicyclic amines) is 1. The van der Waals surface area contributed by atoms with Crippen molar-refractivity contribution in [3.05, 3.63) is 70.1 Å². The zero-order valence-corrected chi connectivity index (χ0v) is 27.2. The Balaban J connectivity index is 1.91. The van der Waals surface area contributed by atoms with Crippen LogP contribution in [0.1, 0.15) is 51.3 Å². The molecule has 1 saturated heterocycles. The van der Waals surface area contributed by atoms with Crippen LogP contribution in [0.4, 0.5) is 4.79 Å². The summed E-state index contributed by atoms with van der Waals surface area (Å²) in [6, 6.07) is 11.0. The molecule has 45 heavy (non-hydrogen) atoms. The number of nitrogens with zero attached hydrogens (tertiary/aromatic N) is 2. The normalized spacial score (nSPS) is 18.0. The van der Waals surface area contributed by atoms with E-state index in [2.05, 4.69) is 10.6 Å². The maximum absolute atomic E-state index is 14.0. The number of aromatic nitrogens is 1. The number of esters is 1. The monoisotopic (exact) mass is 646 g/mol. The van der Waals surface area contributed by atoms with Crippen molar-refractivity contribution in [2.45, 2.75) is 70.1 Å². The lowest BCUT2D eigenvalue weighted by Gasteiger charge is -2.45. The number of nitrogens with one attached hydrogen (secondary N) is 2. The Hall–Kier alpha value is -3.90. The van der Waals surface area contributed by atoms with Crippen LogP contribution in [0.25, 0.3) is 0 Å². The fraction of sp³-hybridized carbons (Fsp3) is 0.531. The Morgan fingerprint density at radius 2 is 1.82 bits per heavy atom. The molecule has 1 aliphatic rings. The van der Waals surface area contributed by atoms with Crippen LogP contribution in [0.2, 0.25) is 5.02 Å². The Kier molecular flexibility index (Phi) is 12.6. The summed E-state index contributed by atoms with van der Waals surface area (Å²) in [5.41, 5.74) is -0.501. The van der Waals surface area contributed by atoms with Gasteiger partial charge in [-0.25, -0.2) is 4.79 Å². The smallest absolute Gasteiger partial charge is 0.408 e. The number of benzene rings is 1. The number of rotatable bonds is 12. The highest BCUT2D eigenvalue weighted by Gasteiger charge is 2.42. The van der Waals surface area contributed by atoms with E-state index >= 15 is 0 Å². The van der Waals surface area contributed by atoms with Crippen LogP contribution in [-0.2, 0) is 41.4 Å². The second-order valence-corrected chi connectivity index (χ2v) is 12.7. The van der Waals surface area contributed by atoms with Gasteiger partial charge in [-0.2, -0.15) is 4.73 Å². The van der Waals surface area contributed by atoms with Gasteiger partial charge in [0.2, 0.25) is 11.8 Å². The molecule has 1 fully saturated rings. The zero-order chi connectivity index (χ0) is 33.2. The van der Waals surface area contributed by atoms with Crippen LogP contribution in [0.5, 0.6) is 0 Å². The third-order valence-electron chi connectivity index (χ3n) is 7.42. The van der Waals surface area contributed by atoms with Gasteiger partial charge in [-0.05, 0) is 57.7 Å². The first-order valence-electron chi connectivity index (χ1n) is 14.8. The first-order valence-corrected chi connectivity index (χ1v) is 15.2. The van der Waals surface area contributed by atoms with Gasteiger partial charge in [-0.3, -0.25) is 14.4 Å². The van der Waals surface area contributed by atoms with Crippen LogP contribution in [0.15, 0.2) is 48.7 Å². The molecule has 3 rings (SSSR count). The van der Waals surface area contributed by atoms with Gasteiger partial charge in [0.15, 0.2) is 11.9 Å². The van der Waals surface area contributed by atoms with Gasteiger partial charge >= 0.3 is 12.1 Å². The van der Waals surface area contributed by atoms with E-state index in [1.807, 2.05) is 12.1 Å². The molecule has 2 N–H and O–H groups in total. The first-order chi connectivity index (χ1) is 21.2. The number of halogens is 1.